The fourth-order valence-corrected chi connectivity index (χ4v) is 2.45. The summed E-state index contributed by atoms with van der Waals surface area (Å²) in [7, 11) is 0. The molecule has 0 aromatic heterocycles. The number of hydrogen-bond donors (Lipinski definition) is 2. The number of alkyl halides is 3. The zero-order valence-electron chi connectivity index (χ0n) is 11.7. The van der Waals surface area contributed by atoms with E-state index in [0.717, 1.165) is 16.8 Å². The van der Waals surface area contributed by atoms with E-state index in [-0.39, 0.29) is 5.75 Å². The average Bonchev–Trinajstić information content (AvgIpc) is 2.87. The van der Waals surface area contributed by atoms with Crippen LogP contribution in [0.2, 0.25) is 5.02 Å². The van der Waals surface area contributed by atoms with Crippen LogP contribution in [-0.2, 0) is 0 Å². The Hall–Kier alpha value is -2.34. The van der Waals surface area contributed by atoms with Crippen LogP contribution in [0.5, 0.6) is 5.75 Å². The van der Waals surface area contributed by atoms with Gasteiger partial charge in [-0.25, -0.2) is 0 Å². The fraction of sp³-hybridized carbons (Fsp3) is 0.125. The molecule has 0 atom stereocenters. The van der Waals surface area contributed by atoms with E-state index in [1.807, 2.05) is 18.2 Å². The molecule has 2 aromatic rings. The summed E-state index contributed by atoms with van der Waals surface area (Å²) in [6.07, 6.45) is -2.88. The number of rotatable bonds is 3. The van der Waals surface area contributed by atoms with Gasteiger partial charge < -0.3 is 15.4 Å². The van der Waals surface area contributed by atoms with Gasteiger partial charge in [-0.1, -0.05) is 11.6 Å². The summed E-state index contributed by atoms with van der Waals surface area (Å²) in [6, 6.07) is 11.1. The predicted octanol–water partition coefficient (Wildman–Crippen LogP) is 5.12. The molecule has 1 heterocycles. The lowest BCUT2D eigenvalue weighted by Crippen LogP contribution is -2.16. The van der Waals surface area contributed by atoms with Crippen molar-refractivity contribution in [3.63, 3.8) is 0 Å². The van der Waals surface area contributed by atoms with E-state index in [1.54, 1.807) is 6.20 Å². The minimum atomic E-state index is -4.69. The molecule has 1 aliphatic heterocycles. The summed E-state index contributed by atoms with van der Waals surface area (Å²) in [6.45, 7) is 0.651. The summed E-state index contributed by atoms with van der Waals surface area (Å²) < 4.78 is 40.1. The highest BCUT2D eigenvalue weighted by Gasteiger charge is 2.30. The van der Waals surface area contributed by atoms with E-state index in [1.165, 1.54) is 24.3 Å². The maximum Gasteiger partial charge on any atom is 0.573 e. The second-order valence-corrected chi connectivity index (χ2v) is 5.37. The van der Waals surface area contributed by atoms with Crippen LogP contribution in [0, 0.1) is 0 Å². The Balaban J connectivity index is 1.71. The van der Waals surface area contributed by atoms with Crippen LogP contribution in [0.3, 0.4) is 0 Å². The quantitative estimate of drug-likeness (QED) is 0.814. The van der Waals surface area contributed by atoms with Crippen molar-refractivity contribution < 1.29 is 17.9 Å². The maximum absolute atomic E-state index is 12.1. The van der Waals surface area contributed by atoms with Crippen molar-refractivity contribution in [2.24, 2.45) is 0 Å². The van der Waals surface area contributed by atoms with Gasteiger partial charge in [-0.05, 0) is 48.0 Å². The third-order valence-corrected chi connectivity index (χ3v) is 3.53. The number of halogens is 4. The number of ether oxygens (including phenoxy) is 1. The van der Waals surface area contributed by atoms with Crippen molar-refractivity contribution >= 4 is 28.5 Å². The van der Waals surface area contributed by atoms with E-state index in [9.17, 15) is 13.2 Å². The highest BCUT2D eigenvalue weighted by molar-refractivity contribution is 6.31. The largest absolute Gasteiger partial charge is 0.573 e. The molecule has 0 fully saturated rings. The number of nitrogens with one attached hydrogen (secondary N) is 2. The minimum absolute atomic E-state index is 0.254. The van der Waals surface area contributed by atoms with Crippen LogP contribution in [-0.4, -0.2) is 12.9 Å². The van der Waals surface area contributed by atoms with Crippen LogP contribution in [0.1, 0.15) is 5.56 Å². The Morgan fingerprint density at radius 3 is 2.57 bits per heavy atom. The van der Waals surface area contributed by atoms with Crippen molar-refractivity contribution in [3.8, 4) is 5.75 Å². The molecule has 3 nitrogen and oxygen atoms in total. The van der Waals surface area contributed by atoms with Gasteiger partial charge in [0.05, 0.1) is 0 Å². The molecule has 1 aliphatic rings. The van der Waals surface area contributed by atoms with Crippen LogP contribution in [0.4, 0.5) is 24.5 Å². The molecule has 0 amide bonds. The molecular formula is C16H12ClF3N2O. The topological polar surface area (TPSA) is 33.3 Å². The van der Waals surface area contributed by atoms with Crippen LogP contribution < -0.4 is 15.4 Å². The lowest BCUT2D eigenvalue weighted by atomic mass is 10.1. The summed E-state index contributed by atoms with van der Waals surface area (Å²) in [5, 5.41) is 6.94. The maximum atomic E-state index is 12.1. The first kappa shape index (κ1) is 15.6. The van der Waals surface area contributed by atoms with Crippen molar-refractivity contribution in [1.29, 1.82) is 0 Å². The zero-order valence-corrected chi connectivity index (χ0v) is 12.5. The molecule has 0 spiro atoms. The van der Waals surface area contributed by atoms with Crippen LogP contribution in [0.15, 0.2) is 48.7 Å². The summed E-state index contributed by atoms with van der Waals surface area (Å²) >= 11 is 5.99. The van der Waals surface area contributed by atoms with Gasteiger partial charge in [0.25, 0.3) is 0 Å². The molecule has 0 saturated carbocycles. The smallest absolute Gasteiger partial charge is 0.406 e. The molecule has 0 radical (unpaired) electrons. The third-order valence-electron chi connectivity index (χ3n) is 3.30. The Bertz CT molecular complexity index is 742. The van der Waals surface area contributed by atoms with Crippen LogP contribution in [0.25, 0.3) is 5.57 Å². The van der Waals surface area contributed by atoms with Gasteiger partial charge >= 0.3 is 6.36 Å². The highest BCUT2D eigenvalue weighted by Crippen LogP contribution is 2.33. The monoisotopic (exact) mass is 340 g/mol. The average molecular weight is 341 g/mol. The van der Waals surface area contributed by atoms with E-state index in [0.29, 0.717) is 17.3 Å². The zero-order chi connectivity index (χ0) is 16.4. The summed E-state index contributed by atoms with van der Waals surface area (Å²) in [5.41, 5.74) is 3.67. The molecule has 120 valence electrons. The van der Waals surface area contributed by atoms with Crippen molar-refractivity contribution in [2.45, 2.75) is 6.36 Å². The third kappa shape index (κ3) is 3.90. The summed E-state index contributed by atoms with van der Waals surface area (Å²) in [5.74, 6) is -0.254. The van der Waals surface area contributed by atoms with Crippen molar-refractivity contribution in [3.05, 3.63) is 59.3 Å². The van der Waals surface area contributed by atoms with Gasteiger partial charge in [0.15, 0.2) is 0 Å². The molecule has 3 rings (SSSR count). The van der Waals surface area contributed by atoms with E-state index >= 15 is 0 Å². The summed E-state index contributed by atoms with van der Waals surface area (Å²) in [4.78, 5) is 0. The second-order valence-electron chi connectivity index (χ2n) is 4.93. The van der Waals surface area contributed by atoms with Crippen molar-refractivity contribution in [1.82, 2.24) is 0 Å². The van der Waals surface area contributed by atoms with Crippen molar-refractivity contribution in [2.75, 3.05) is 17.2 Å². The van der Waals surface area contributed by atoms with E-state index in [2.05, 4.69) is 15.4 Å². The lowest BCUT2D eigenvalue weighted by molar-refractivity contribution is -0.274. The van der Waals surface area contributed by atoms with Gasteiger partial charge in [-0.15, -0.1) is 13.2 Å². The van der Waals surface area contributed by atoms with Gasteiger partial charge in [0.1, 0.15) is 5.75 Å². The molecule has 2 aromatic carbocycles. The first-order chi connectivity index (χ1) is 10.9. The first-order valence-electron chi connectivity index (χ1n) is 6.76. The predicted molar refractivity (Wildman–Crippen MR) is 84.7 cm³/mol. The SMILES string of the molecule is FC(F)(F)Oc1ccc(N/C=C2\CNc3ccc(Cl)cc32)cc1. The molecule has 0 saturated heterocycles. The van der Waals surface area contributed by atoms with E-state index in [4.69, 9.17) is 11.6 Å². The first-order valence-corrected chi connectivity index (χ1v) is 7.14. The van der Waals surface area contributed by atoms with E-state index < -0.39 is 6.36 Å². The Morgan fingerprint density at radius 2 is 1.87 bits per heavy atom. The molecule has 0 aliphatic carbocycles. The molecule has 0 bridgehead atoms. The number of hydrogen-bond acceptors (Lipinski definition) is 3. The Kier molecular flexibility index (Phi) is 4.09. The normalized spacial score (nSPS) is 15.2. The minimum Gasteiger partial charge on any atom is -0.406 e. The van der Waals surface area contributed by atoms with Gasteiger partial charge in [-0.3, -0.25) is 0 Å². The standard InChI is InChI=1S/C16H12ClF3N2O/c17-11-1-6-15-14(7-11)10(9-22-15)8-21-12-2-4-13(5-3-12)23-16(18,19)20/h1-8,21-22H,9H2/b10-8+. The molecule has 7 heteroatoms. The van der Waals surface area contributed by atoms with Crippen LogP contribution >= 0.6 is 11.6 Å². The van der Waals surface area contributed by atoms with Gasteiger partial charge in [0.2, 0.25) is 0 Å². The molecular weight excluding hydrogens is 329 g/mol. The number of fused-ring (bicyclic) bond motifs is 1. The molecule has 0 unspecified atom stereocenters. The molecule has 2 N–H and O–H groups in total. The number of anilines is 2. The fourth-order valence-electron chi connectivity index (χ4n) is 2.27. The number of benzene rings is 2. The highest BCUT2D eigenvalue weighted by atomic mass is 35.5. The molecule has 23 heavy (non-hydrogen) atoms. The Morgan fingerprint density at radius 1 is 1.13 bits per heavy atom. The van der Waals surface area contributed by atoms with Gasteiger partial charge in [0, 0.05) is 34.7 Å². The lowest BCUT2D eigenvalue weighted by Gasteiger charge is -2.09. The second kappa shape index (κ2) is 6.04. The van der Waals surface area contributed by atoms with Gasteiger partial charge in [-0.2, -0.15) is 0 Å². The Labute approximate surface area is 135 Å².